The Morgan fingerprint density at radius 2 is 2.14 bits per heavy atom. The number of aromatic nitrogens is 1. The molecule has 3 rings (SSSR count). The number of rotatable bonds is 2. The minimum absolute atomic E-state index is 0.356. The molecule has 0 fully saturated rings. The van der Waals surface area contributed by atoms with Gasteiger partial charge in [-0.15, -0.1) is 0 Å². The molecular formula is C18H19NO3. The SMILES string of the molecule is COC(=O)c1ccc2c(c1)CCCC2(O)c1ccc(C)cn1. The Morgan fingerprint density at radius 1 is 1.32 bits per heavy atom. The second kappa shape index (κ2) is 5.54. The molecule has 1 aromatic heterocycles. The topological polar surface area (TPSA) is 59.4 Å². The monoisotopic (exact) mass is 297 g/mol. The van der Waals surface area contributed by atoms with Crippen molar-refractivity contribution in [2.24, 2.45) is 0 Å². The highest BCUT2D eigenvalue weighted by molar-refractivity contribution is 5.89. The van der Waals surface area contributed by atoms with Crippen LogP contribution in [0.2, 0.25) is 0 Å². The van der Waals surface area contributed by atoms with Crippen LogP contribution < -0.4 is 0 Å². The number of hydrogen-bond donors (Lipinski definition) is 1. The van der Waals surface area contributed by atoms with Crippen molar-refractivity contribution in [3.05, 3.63) is 64.5 Å². The van der Waals surface area contributed by atoms with Crippen LogP contribution >= 0.6 is 0 Å². The van der Waals surface area contributed by atoms with E-state index in [1.54, 1.807) is 12.3 Å². The minimum Gasteiger partial charge on any atom is -0.465 e. The fraction of sp³-hybridized carbons (Fsp3) is 0.333. The van der Waals surface area contributed by atoms with Gasteiger partial charge in [0, 0.05) is 6.20 Å². The van der Waals surface area contributed by atoms with Crippen molar-refractivity contribution < 1.29 is 14.6 Å². The van der Waals surface area contributed by atoms with Crippen molar-refractivity contribution in [2.45, 2.75) is 31.8 Å². The normalized spacial score (nSPS) is 20.3. The number of carbonyl (C=O) groups excluding carboxylic acids is 1. The quantitative estimate of drug-likeness (QED) is 0.866. The number of hydrogen-bond acceptors (Lipinski definition) is 4. The molecule has 0 radical (unpaired) electrons. The first-order valence-corrected chi connectivity index (χ1v) is 7.42. The van der Waals surface area contributed by atoms with Crippen molar-refractivity contribution >= 4 is 5.97 Å². The van der Waals surface area contributed by atoms with Gasteiger partial charge >= 0.3 is 5.97 Å². The van der Waals surface area contributed by atoms with Gasteiger partial charge in [-0.2, -0.15) is 0 Å². The molecule has 1 aliphatic rings. The van der Waals surface area contributed by atoms with E-state index >= 15 is 0 Å². The molecule has 114 valence electrons. The minimum atomic E-state index is -1.09. The molecule has 1 N–H and O–H groups in total. The fourth-order valence-corrected chi connectivity index (χ4v) is 3.10. The van der Waals surface area contributed by atoms with Crippen LogP contribution in [-0.2, 0) is 16.8 Å². The van der Waals surface area contributed by atoms with Gasteiger partial charge in [-0.1, -0.05) is 12.1 Å². The molecule has 1 aliphatic carbocycles. The van der Waals surface area contributed by atoms with E-state index in [0.717, 1.165) is 29.5 Å². The summed E-state index contributed by atoms with van der Waals surface area (Å²) in [6.45, 7) is 1.97. The summed E-state index contributed by atoms with van der Waals surface area (Å²) in [7, 11) is 1.37. The first-order chi connectivity index (χ1) is 10.5. The number of methoxy groups -OCH3 is 1. The van der Waals surface area contributed by atoms with Gasteiger partial charge in [0.15, 0.2) is 0 Å². The number of benzene rings is 1. The summed E-state index contributed by atoms with van der Waals surface area (Å²) in [4.78, 5) is 16.1. The Kier molecular flexibility index (Phi) is 3.71. The standard InChI is InChI=1S/C18H19NO3/c1-12-5-8-16(19-11-12)18(21)9-3-4-13-10-14(17(20)22-2)6-7-15(13)18/h5-8,10-11,21H,3-4,9H2,1-2H3. The highest BCUT2D eigenvalue weighted by atomic mass is 16.5. The Morgan fingerprint density at radius 3 is 2.82 bits per heavy atom. The lowest BCUT2D eigenvalue weighted by molar-refractivity contribution is 0.0559. The van der Waals surface area contributed by atoms with Crippen LogP contribution in [0.5, 0.6) is 0 Å². The van der Waals surface area contributed by atoms with E-state index in [1.165, 1.54) is 7.11 Å². The van der Waals surface area contributed by atoms with Crippen LogP contribution in [-0.4, -0.2) is 23.2 Å². The van der Waals surface area contributed by atoms with Crippen molar-refractivity contribution in [3.8, 4) is 0 Å². The maximum Gasteiger partial charge on any atom is 0.337 e. The highest BCUT2D eigenvalue weighted by Crippen LogP contribution is 2.40. The summed E-state index contributed by atoms with van der Waals surface area (Å²) < 4.78 is 4.76. The van der Waals surface area contributed by atoms with Crippen molar-refractivity contribution in [1.29, 1.82) is 0 Å². The Bertz CT molecular complexity index is 709. The van der Waals surface area contributed by atoms with E-state index in [4.69, 9.17) is 4.74 Å². The molecule has 1 heterocycles. The molecule has 0 saturated carbocycles. The molecule has 4 heteroatoms. The summed E-state index contributed by atoms with van der Waals surface area (Å²) >= 11 is 0. The molecule has 22 heavy (non-hydrogen) atoms. The maximum absolute atomic E-state index is 11.7. The van der Waals surface area contributed by atoms with E-state index in [-0.39, 0.29) is 5.97 Å². The van der Waals surface area contributed by atoms with Gasteiger partial charge in [-0.05, 0) is 61.1 Å². The van der Waals surface area contributed by atoms with Crippen LogP contribution in [0.1, 0.15) is 45.6 Å². The van der Waals surface area contributed by atoms with Crippen LogP contribution in [0, 0.1) is 6.92 Å². The van der Waals surface area contributed by atoms with Crippen LogP contribution in [0.3, 0.4) is 0 Å². The molecule has 4 nitrogen and oxygen atoms in total. The first-order valence-electron chi connectivity index (χ1n) is 7.42. The molecular weight excluding hydrogens is 278 g/mol. The van der Waals surface area contributed by atoms with Gasteiger partial charge in [0.05, 0.1) is 18.4 Å². The largest absolute Gasteiger partial charge is 0.465 e. The summed E-state index contributed by atoms with van der Waals surface area (Å²) in [6, 6.07) is 9.17. The zero-order valence-corrected chi connectivity index (χ0v) is 12.8. The predicted molar refractivity (Wildman–Crippen MR) is 82.7 cm³/mol. The number of esters is 1. The molecule has 2 aromatic rings. The Hall–Kier alpha value is -2.20. The van der Waals surface area contributed by atoms with E-state index in [0.29, 0.717) is 17.7 Å². The van der Waals surface area contributed by atoms with Gasteiger partial charge in [-0.3, -0.25) is 4.98 Å². The summed E-state index contributed by atoms with van der Waals surface area (Å²) in [6.07, 6.45) is 4.09. The zero-order chi connectivity index (χ0) is 15.7. The van der Waals surface area contributed by atoms with Gasteiger partial charge in [0.2, 0.25) is 0 Å². The zero-order valence-electron chi connectivity index (χ0n) is 12.8. The van der Waals surface area contributed by atoms with Crippen molar-refractivity contribution in [1.82, 2.24) is 4.98 Å². The third-order valence-corrected chi connectivity index (χ3v) is 4.29. The van der Waals surface area contributed by atoms with E-state index in [9.17, 15) is 9.90 Å². The molecule has 0 spiro atoms. The first kappa shape index (κ1) is 14.7. The highest BCUT2D eigenvalue weighted by Gasteiger charge is 2.37. The molecule has 1 aromatic carbocycles. The number of aryl methyl sites for hydroxylation is 2. The predicted octanol–water partition coefficient (Wildman–Crippen LogP) is 2.75. The van der Waals surface area contributed by atoms with Crippen molar-refractivity contribution in [3.63, 3.8) is 0 Å². The molecule has 0 amide bonds. The molecule has 0 bridgehead atoms. The van der Waals surface area contributed by atoms with E-state index in [1.807, 2.05) is 31.2 Å². The van der Waals surface area contributed by atoms with E-state index < -0.39 is 5.60 Å². The smallest absolute Gasteiger partial charge is 0.337 e. The third kappa shape index (κ3) is 2.40. The average Bonchev–Trinajstić information content (AvgIpc) is 2.54. The van der Waals surface area contributed by atoms with Gasteiger partial charge in [-0.25, -0.2) is 4.79 Å². The molecule has 1 unspecified atom stereocenters. The number of ether oxygens (including phenoxy) is 1. The maximum atomic E-state index is 11.7. The second-order valence-electron chi connectivity index (χ2n) is 5.80. The van der Waals surface area contributed by atoms with Gasteiger partial charge < -0.3 is 9.84 Å². The van der Waals surface area contributed by atoms with Crippen LogP contribution in [0.15, 0.2) is 36.5 Å². The van der Waals surface area contributed by atoms with Gasteiger partial charge in [0.25, 0.3) is 0 Å². The number of fused-ring (bicyclic) bond motifs is 1. The molecule has 1 atom stereocenters. The lowest BCUT2D eigenvalue weighted by Gasteiger charge is -2.34. The Balaban J connectivity index is 2.07. The second-order valence-corrected chi connectivity index (χ2v) is 5.80. The van der Waals surface area contributed by atoms with Crippen molar-refractivity contribution in [2.75, 3.05) is 7.11 Å². The molecule has 0 aliphatic heterocycles. The summed E-state index contributed by atoms with van der Waals surface area (Å²) in [5.41, 5.74) is 2.97. The fourth-order valence-electron chi connectivity index (χ4n) is 3.10. The average molecular weight is 297 g/mol. The van der Waals surface area contributed by atoms with Crippen LogP contribution in [0.25, 0.3) is 0 Å². The lowest BCUT2D eigenvalue weighted by Crippen LogP contribution is -2.33. The number of carbonyl (C=O) groups is 1. The third-order valence-electron chi connectivity index (χ3n) is 4.29. The summed E-state index contributed by atoms with van der Waals surface area (Å²) in [5.74, 6) is -0.356. The van der Waals surface area contributed by atoms with E-state index in [2.05, 4.69) is 4.98 Å². The lowest BCUT2D eigenvalue weighted by atomic mass is 9.76. The number of nitrogens with zero attached hydrogens (tertiary/aromatic N) is 1. The number of aliphatic hydroxyl groups is 1. The van der Waals surface area contributed by atoms with Crippen LogP contribution in [0.4, 0.5) is 0 Å². The molecule has 0 saturated heterocycles. The van der Waals surface area contributed by atoms with Gasteiger partial charge in [0.1, 0.15) is 5.60 Å². The Labute approximate surface area is 129 Å². The number of pyridine rings is 1. The summed E-state index contributed by atoms with van der Waals surface area (Å²) in [5, 5.41) is 11.2.